The van der Waals surface area contributed by atoms with E-state index in [1.807, 2.05) is 23.1 Å². The minimum absolute atomic E-state index is 0.0141. The normalized spacial score (nSPS) is 21.7. The van der Waals surface area contributed by atoms with Crippen LogP contribution in [0, 0.1) is 0 Å². The zero-order valence-electron chi connectivity index (χ0n) is 20.3. The summed E-state index contributed by atoms with van der Waals surface area (Å²) in [6.45, 7) is 7.25. The van der Waals surface area contributed by atoms with Crippen LogP contribution in [0.25, 0.3) is 5.65 Å². The van der Waals surface area contributed by atoms with Gasteiger partial charge in [-0.1, -0.05) is 12.2 Å². The van der Waals surface area contributed by atoms with Crippen molar-refractivity contribution in [3.8, 4) is 0 Å². The summed E-state index contributed by atoms with van der Waals surface area (Å²) in [5.41, 5.74) is 6.36. The van der Waals surface area contributed by atoms with Crippen molar-refractivity contribution in [2.75, 3.05) is 30.8 Å². The van der Waals surface area contributed by atoms with E-state index in [-0.39, 0.29) is 11.6 Å². The number of nitrogens with zero attached hydrogens (tertiary/aromatic N) is 5. The third kappa shape index (κ3) is 4.18. The number of piperazine rings is 1. The van der Waals surface area contributed by atoms with Crippen molar-refractivity contribution in [2.45, 2.75) is 38.1 Å². The van der Waals surface area contributed by atoms with E-state index >= 15 is 0 Å². The maximum Gasteiger partial charge on any atom is 0.267 e. The molecule has 0 aromatic carbocycles. The molecular formula is C25H33N7OS. The van der Waals surface area contributed by atoms with E-state index in [0.717, 1.165) is 60.2 Å². The van der Waals surface area contributed by atoms with Crippen molar-refractivity contribution >= 4 is 23.1 Å². The average molecular weight is 480 g/mol. The zero-order valence-corrected chi connectivity index (χ0v) is 21.1. The molecule has 0 spiro atoms. The topological polar surface area (TPSA) is 69.8 Å². The molecular weight excluding hydrogens is 446 g/mol. The minimum Gasteiger partial charge on any atom is -0.363 e. The molecule has 2 N–H and O–H groups in total. The zero-order chi connectivity index (χ0) is 23.8. The quantitative estimate of drug-likeness (QED) is 0.683. The number of anilines is 1. The van der Waals surface area contributed by atoms with Gasteiger partial charge < -0.3 is 15.5 Å². The van der Waals surface area contributed by atoms with Gasteiger partial charge in [-0.2, -0.15) is 11.8 Å². The summed E-state index contributed by atoms with van der Waals surface area (Å²) < 4.78 is 3.54. The van der Waals surface area contributed by atoms with E-state index in [0.29, 0.717) is 6.04 Å². The maximum atomic E-state index is 12.7. The van der Waals surface area contributed by atoms with E-state index in [9.17, 15) is 4.79 Å². The molecule has 0 radical (unpaired) electrons. The Morgan fingerprint density at radius 1 is 1.21 bits per heavy atom. The van der Waals surface area contributed by atoms with Crippen LogP contribution in [0.2, 0.25) is 0 Å². The van der Waals surface area contributed by atoms with Crippen LogP contribution in [0.5, 0.6) is 0 Å². The summed E-state index contributed by atoms with van der Waals surface area (Å²) in [5.74, 6) is 0.831. The standard InChI is InChI=1S/C25H33N7OS/c1-17-14-30(18(2)19-6-5-7-21-22(12-19)27-9-8-26-21)10-11-31(17)23-13-24(33)29(3)32-15-20(16-34-4)28-25(23)32/h6-9,12-13,15,17-18,26-27H,5,10-11,14,16H2,1-4H3. The van der Waals surface area contributed by atoms with Crippen LogP contribution in [0.15, 0.2) is 64.7 Å². The Morgan fingerprint density at radius 2 is 2.00 bits per heavy atom. The van der Waals surface area contributed by atoms with Crippen molar-refractivity contribution in [1.29, 1.82) is 0 Å². The molecule has 0 amide bonds. The summed E-state index contributed by atoms with van der Waals surface area (Å²) >= 11 is 1.74. The minimum atomic E-state index is -0.0141. The first kappa shape index (κ1) is 22.9. The molecule has 1 saturated heterocycles. The van der Waals surface area contributed by atoms with Gasteiger partial charge >= 0.3 is 0 Å². The Bertz CT molecular complexity index is 1270. The van der Waals surface area contributed by atoms with E-state index < -0.39 is 0 Å². The van der Waals surface area contributed by atoms with Crippen LogP contribution in [0.4, 0.5) is 5.69 Å². The number of thioether (sulfide) groups is 1. The Kier molecular flexibility index (Phi) is 6.31. The second kappa shape index (κ2) is 9.38. The van der Waals surface area contributed by atoms with Crippen molar-refractivity contribution in [1.82, 2.24) is 29.7 Å². The highest BCUT2D eigenvalue weighted by Gasteiger charge is 2.30. The van der Waals surface area contributed by atoms with Crippen molar-refractivity contribution in [3.63, 3.8) is 0 Å². The first-order valence-electron chi connectivity index (χ1n) is 11.8. The molecule has 2 aliphatic heterocycles. The molecule has 2 aromatic heterocycles. The van der Waals surface area contributed by atoms with E-state index in [1.54, 1.807) is 29.6 Å². The van der Waals surface area contributed by atoms with Gasteiger partial charge in [0.2, 0.25) is 0 Å². The molecule has 5 rings (SSSR count). The molecule has 8 nitrogen and oxygen atoms in total. The number of aromatic nitrogens is 3. The van der Waals surface area contributed by atoms with Crippen molar-refractivity contribution < 1.29 is 0 Å². The van der Waals surface area contributed by atoms with Crippen LogP contribution in [0.1, 0.15) is 26.0 Å². The number of nitrogens with one attached hydrogen (secondary N) is 2. The number of rotatable bonds is 5. The van der Waals surface area contributed by atoms with E-state index in [2.05, 4.69) is 58.8 Å². The third-order valence-corrected chi connectivity index (χ3v) is 7.58. The molecule has 180 valence electrons. The largest absolute Gasteiger partial charge is 0.363 e. The van der Waals surface area contributed by atoms with Crippen LogP contribution in [0.3, 0.4) is 0 Å². The van der Waals surface area contributed by atoms with Gasteiger partial charge in [0.05, 0.1) is 29.0 Å². The highest BCUT2D eigenvalue weighted by atomic mass is 32.2. The molecule has 4 heterocycles. The SMILES string of the molecule is CSCc1cn2c(n1)c(N1CCN(C(C)C3=CCC=C4NC=CNC4=C3)CC1C)cc(=O)n2C. The second-order valence-electron chi connectivity index (χ2n) is 9.18. The Morgan fingerprint density at radius 3 is 2.76 bits per heavy atom. The molecule has 0 saturated carbocycles. The number of imidazole rings is 1. The van der Waals surface area contributed by atoms with Gasteiger partial charge in [0.1, 0.15) is 0 Å². The summed E-state index contributed by atoms with van der Waals surface area (Å²) in [6, 6.07) is 2.32. The molecule has 3 aliphatic rings. The smallest absolute Gasteiger partial charge is 0.267 e. The maximum absolute atomic E-state index is 12.7. The number of hydrogen-bond donors (Lipinski definition) is 2. The fourth-order valence-electron chi connectivity index (χ4n) is 5.07. The fourth-order valence-corrected chi connectivity index (χ4v) is 5.51. The molecule has 34 heavy (non-hydrogen) atoms. The van der Waals surface area contributed by atoms with Crippen molar-refractivity contribution in [3.05, 3.63) is 75.9 Å². The second-order valence-corrected chi connectivity index (χ2v) is 10.0. The monoisotopic (exact) mass is 479 g/mol. The highest BCUT2D eigenvalue weighted by Crippen LogP contribution is 2.28. The lowest BCUT2D eigenvalue weighted by Gasteiger charge is -2.44. The van der Waals surface area contributed by atoms with Gasteiger partial charge in [-0.3, -0.25) is 9.69 Å². The molecule has 1 aliphatic carbocycles. The van der Waals surface area contributed by atoms with Crippen LogP contribution >= 0.6 is 11.8 Å². The third-order valence-electron chi connectivity index (χ3n) is 7.00. The molecule has 9 heteroatoms. The molecule has 2 unspecified atom stereocenters. The van der Waals surface area contributed by atoms with Crippen LogP contribution in [-0.4, -0.2) is 57.1 Å². The van der Waals surface area contributed by atoms with E-state index in [4.69, 9.17) is 4.98 Å². The Labute approximate surface area is 204 Å². The van der Waals surface area contributed by atoms with Gasteiger partial charge in [-0.25, -0.2) is 14.2 Å². The van der Waals surface area contributed by atoms with Crippen LogP contribution < -0.4 is 21.1 Å². The van der Waals surface area contributed by atoms with Gasteiger partial charge in [-0.05, 0) is 38.2 Å². The van der Waals surface area contributed by atoms with Gasteiger partial charge in [0.25, 0.3) is 5.56 Å². The Hall–Kier alpha value is -2.91. The Balaban J connectivity index is 1.37. The first-order valence-corrected chi connectivity index (χ1v) is 13.2. The lowest BCUT2D eigenvalue weighted by Crippen LogP contribution is -2.55. The predicted octanol–water partition coefficient (Wildman–Crippen LogP) is 2.56. The van der Waals surface area contributed by atoms with E-state index in [1.165, 1.54) is 5.57 Å². The van der Waals surface area contributed by atoms with Crippen LogP contribution in [-0.2, 0) is 12.8 Å². The summed E-state index contributed by atoms with van der Waals surface area (Å²) in [6.07, 6.45) is 15.6. The first-order chi connectivity index (χ1) is 16.5. The number of hydrogen-bond acceptors (Lipinski definition) is 7. The summed E-state index contributed by atoms with van der Waals surface area (Å²) in [4.78, 5) is 22.5. The molecule has 2 atom stereocenters. The van der Waals surface area contributed by atoms with Gasteiger partial charge in [0.15, 0.2) is 5.65 Å². The van der Waals surface area contributed by atoms with Gasteiger partial charge in [-0.15, -0.1) is 0 Å². The molecule has 2 aromatic rings. The van der Waals surface area contributed by atoms with Crippen molar-refractivity contribution in [2.24, 2.45) is 7.05 Å². The highest BCUT2D eigenvalue weighted by molar-refractivity contribution is 7.97. The lowest BCUT2D eigenvalue weighted by atomic mass is 10.0. The fraction of sp³-hybridized carbons (Fsp3) is 0.440. The lowest BCUT2D eigenvalue weighted by molar-refractivity contribution is 0.196. The predicted molar refractivity (Wildman–Crippen MR) is 140 cm³/mol. The molecule has 0 bridgehead atoms. The average Bonchev–Trinajstić information content (AvgIpc) is 3.13. The number of aryl methyl sites for hydroxylation is 1. The summed E-state index contributed by atoms with van der Waals surface area (Å²) in [7, 11) is 1.80. The summed E-state index contributed by atoms with van der Waals surface area (Å²) in [5, 5.41) is 6.69. The number of allylic oxidation sites excluding steroid dienone is 2. The number of fused-ring (bicyclic) bond motifs is 2. The molecule has 1 fully saturated rings. The van der Waals surface area contributed by atoms with Gasteiger partial charge in [0, 0.05) is 63.0 Å².